The Hall–Kier alpha value is -1.74. The summed E-state index contributed by atoms with van der Waals surface area (Å²) in [5, 5.41) is 9.03. The highest BCUT2D eigenvalue weighted by atomic mass is 32.3. The Morgan fingerprint density at radius 3 is 2.95 bits per heavy atom. The maximum Gasteiger partial charge on any atom is 0.302 e. The van der Waals surface area contributed by atoms with Gasteiger partial charge in [-0.3, -0.25) is 14.8 Å². The molecule has 0 bridgehead atoms. The average Bonchev–Trinajstić information content (AvgIpc) is 3.08. The molecule has 1 atom stereocenters. The molecule has 0 aliphatic carbocycles. The number of hydrogen-bond donors (Lipinski definition) is 1. The molecule has 0 spiro atoms. The van der Waals surface area contributed by atoms with E-state index in [0.29, 0.717) is 5.82 Å². The Bertz CT molecular complexity index is 799. The second kappa shape index (κ2) is 5.47. The van der Waals surface area contributed by atoms with Gasteiger partial charge in [-0.05, 0) is 18.4 Å². The van der Waals surface area contributed by atoms with Crippen LogP contribution in [0.1, 0.15) is 12.0 Å². The molecule has 22 heavy (non-hydrogen) atoms. The number of H-pyrrole nitrogens is 1. The van der Waals surface area contributed by atoms with Crippen LogP contribution in [-0.4, -0.2) is 36.8 Å². The van der Waals surface area contributed by atoms with Crippen molar-refractivity contribution >= 4 is 33.3 Å². The van der Waals surface area contributed by atoms with Crippen LogP contribution in [0.15, 0.2) is 17.5 Å². The van der Waals surface area contributed by atoms with E-state index in [0.717, 1.165) is 16.1 Å². The number of nitrogens with one attached hydrogen (secondary N) is 1. The Labute approximate surface area is 131 Å². The summed E-state index contributed by atoms with van der Waals surface area (Å²) in [6, 6.07) is 3.86. The summed E-state index contributed by atoms with van der Waals surface area (Å²) in [5.41, 5.74) is 1.65. The molecule has 1 saturated heterocycles. The quantitative estimate of drug-likeness (QED) is 0.862. The van der Waals surface area contributed by atoms with Crippen LogP contribution in [0.4, 0.5) is 9.70 Å². The molecule has 6 nitrogen and oxygen atoms in total. The van der Waals surface area contributed by atoms with E-state index >= 15 is 0 Å². The van der Waals surface area contributed by atoms with Gasteiger partial charge in [0.2, 0.25) is 5.91 Å². The second-order valence-corrected chi connectivity index (χ2v) is 7.66. The van der Waals surface area contributed by atoms with Gasteiger partial charge in [0.25, 0.3) is 0 Å². The lowest BCUT2D eigenvalue weighted by atomic mass is 10.1. The lowest BCUT2D eigenvalue weighted by Gasteiger charge is -2.14. The SMILES string of the molecule is Cc1c(N2CC(CS(=O)(=O)F)CC2=O)n[nH]c1-c1cccs1. The zero-order chi connectivity index (χ0) is 15.9. The minimum Gasteiger partial charge on any atom is -0.295 e. The van der Waals surface area contributed by atoms with Crippen LogP contribution in [-0.2, 0) is 15.0 Å². The lowest BCUT2D eigenvalue weighted by Crippen LogP contribution is -2.26. The maximum atomic E-state index is 12.8. The first-order chi connectivity index (χ1) is 10.3. The highest BCUT2D eigenvalue weighted by molar-refractivity contribution is 7.86. The van der Waals surface area contributed by atoms with E-state index < -0.39 is 21.9 Å². The van der Waals surface area contributed by atoms with Crippen molar-refractivity contribution in [3.63, 3.8) is 0 Å². The fraction of sp³-hybridized carbons (Fsp3) is 0.385. The molecule has 1 aliphatic rings. The molecule has 0 radical (unpaired) electrons. The summed E-state index contributed by atoms with van der Waals surface area (Å²) in [7, 11) is -4.58. The number of halogens is 1. The van der Waals surface area contributed by atoms with Crippen molar-refractivity contribution in [3.8, 4) is 10.6 Å². The van der Waals surface area contributed by atoms with Gasteiger partial charge >= 0.3 is 10.2 Å². The zero-order valence-electron chi connectivity index (χ0n) is 11.7. The highest BCUT2D eigenvalue weighted by Gasteiger charge is 2.35. The predicted octanol–water partition coefficient (Wildman–Crippen LogP) is 2.10. The van der Waals surface area contributed by atoms with Crippen LogP contribution in [0.25, 0.3) is 10.6 Å². The van der Waals surface area contributed by atoms with E-state index in [9.17, 15) is 17.1 Å². The normalized spacial score (nSPS) is 19.1. The Morgan fingerprint density at radius 1 is 1.55 bits per heavy atom. The number of rotatable bonds is 4. The number of aromatic amines is 1. The second-order valence-electron chi connectivity index (χ2n) is 5.30. The van der Waals surface area contributed by atoms with E-state index in [1.807, 2.05) is 24.4 Å². The third kappa shape index (κ3) is 2.91. The van der Waals surface area contributed by atoms with E-state index in [4.69, 9.17) is 0 Å². The summed E-state index contributed by atoms with van der Waals surface area (Å²) >= 11 is 1.55. The van der Waals surface area contributed by atoms with Crippen LogP contribution < -0.4 is 4.90 Å². The highest BCUT2D eigenvalue weighted by Crippen LogP contribution is 2.33. The topological polar surface area (TPSA) is 83.1 Å². The first-order valence-corrected chi connectivity index (χ1v) is 9.10. The summed E-state index contributed by atoms with van der Waals surface area (Å²) in [4.78, 5) is 14.5. The summed E-state index contributed by atoms with van der Waals surface area (Å²) in [5.74, 6) is -0.923. The standard InChI is InChI=1S/C13H14FN3O3S2/c1-8-12(10-3-2-4-21-10)15-16-13(8)17-6-9(5-11(17)18)7-22(14,19)20/h2-4,9H,5-7H2,1H3,(H,15,16). The van der Waals surface area contributed by atoms with Gasteiger partial charge in [-0.2, -0.15) is 13.5 Å². The molecule has 2 aromatic rings. The molecule has 0 saturated carbocycles. The largest absolute Gasteiger partial charge is 0.302 e. The van der Waals surface area contributed by atoms with Gasteiger partial charge in [0.05, 0.1) is 16.3 Å². The average molecular weight is 343 g/mol. The van der Waals surface area contributed by atoms with Crippen LogP contribution >= 0.6 is 11.3 Å². The Morgan fingerprint density at radius 2 is 2.32 bits per heavy atom. The number of carbonyl (C=O) groups is 1. The fourth-order valence-corrected chi connectivity index (χ4v) is 4.26. The summed E-state index contributed by atoms with van der Waals surface area (Å²) in [6.45, 7) is 2.01. The van der Waals surface area contributed by atoms with E-state index in [1.54, 1.807) is 11.3 Å². The third-order valence-corrected chi connectivity index (χ3v) is 5.40. The summed E-state index contributed by atoms with van der Waals surface area (Å²) < 4.78 is 34.3. The molecule has 2 aromatic heterocycles. The minimum absolute atomic E-state index is 0.0176. The summed E-state index contributed by atoms with van der Waals surface area (Å²) in [6.07, 6.45) is 0.0176. The third-order valence-electron chi connectivity index (χ3n) is 3.65. The van der Waals surface area contributed by atoms with Crippen LogP contribution in [0.2, 0.25) is 0 Å². The maximum absolute atomic E-state index is 12.8. The molecule has 1 aliphatic heterocycles. The van der Waals surface area contributed by atoms with Crippen molar-refractivity contribution < 1.29 is 17.1 Å². The number of anilines is 1. The van der Waals surface area contributed by atoms with E-state index in [1.165, 1.54) is 4.90 Å². The fourth-order valence-electron chi connectivity index (χ4n) is 2.69. The van der Waals surface area contributed by atoms with Crippen LogP contribution in [0.3, 0.4) is 0 Å². The molecule has 3 rings (SSSR count). The van der Waals surface area contributed by atoms with Crippen molar-refractivity contribution in [3.05, 3.63) is 23.1 Å². The van der Waals surface area contributed by atoms with Crippen molar-refractivity contribution in [1.82, 2.24) is 10.2 Å². The first kappa shape index (κ1) is 15.2. The molecule has 118 valence electrons. The molecule has 1 unspecified atom stereocenters. The van der Waals surface area contributed by atoms with E-state index in [2.05, 4.69) is 10.2 Å². The van der Waals surface area contributed by atoms with Gasteiger partial charge in [0.15, 0.2) is 5.82 Å². The molecular formula is C13H14FN3O3S2. The molecule has 9 heteroatoms. The number of aromatic nitrogens is 2. The van der Waals surface area contributed by atoms with Gasteiger partial charge in [0, 0.05) is 24.4 Å². The van der Waals surface area contributed by atoms with Gasteiger partial charge < -0.3 is 0 Å². The smallest absolute Gasteiger partial charge is 0.295 e. The predicted molar refractivity (Wildman–Crippen MR) is 82.0 cm³/mol. The van der Waals surface area contributed by atoms with Gasteiger partial charge in [-0.15, -0.1) is 15.2 Å². The zero-order valence-corrected chi connectivity index (χ0v) is 13.4. The number of amides is 1. The molecule has 3 heterocycles. The number of thiophene rings is 1. The van der Waals surface area contributed by atoms with Crippen molar-refractivity contribution in [2.45, 2.75) is 13.3 Å². The van der Waals surface area contributed by atoms with Gasteiger partial charge in [-0.1, -0.05) is 6.07 Å². The lowest BCUT2D eigenvalue weighted by molar-refractivity contribution is -0.117. The van der Waals surface area contributed by atoms with Gasteiger partial charge in [-0.25, -0.2) is 0 Å². The molecule has 1 amide bonds. The monoisotopic (exact) mass is 343 g/mol. The minimum atomic E-state index is -4.58. The molecule has 1 N–H and O–H groups in total. The van der Waals surface area contributed by atoms with Crippen LogP contribution in [0.5, 0.6) is 0 Å². The molecular weight excluding hydrogens is 329 g/mol. The van der Waals surface area contributed by atoms with Crippen molar-refractivity contribution in [1.29, 1.82) is 0 Å². The van der Waals surface area contributed by atoms with Crippen LogP contribution in [0, 0.1) is 12.8 Å². The Kier molecular flexibility index (Phi) is 3.77. The van der Waals surface area contributed by atoms with Crippen molar-refractivity contribution in [2.24, 2.45) is 5.92 Å². The van der Waals surface area contributed by atoms with Crippen molar-refractivity contribution in [2.75, 3.05) is 17.2 Å². The molecule has 0 aromatic carbocycles. The first-order valence-electron chi connectivity index (χ1n) is 6.66. The number of carbonyl (C=O) groups excluding carboxylic acids is 1. The Balaban J connectivity index is 1.85. The number of nitrogens with zero attached hydrogens (tertiary/aromatic N) is 2. The van der Waals surface area contributed by atoms with E-state index in [-0.39, 0.29) is 18.9 Å². The van der Waals surface area contributed by atoms with Gasteiger partial charge in [0.1, 0.15) is 0 Å². The molecule has 1 fully saturated rings. The number of hydrogen-bond acceptors (Lipinski definition) is 5.